The molecule has 1 N–H and O–H groups in total. The zero-order chi connectivity index (χ0) is 12.6. The van der Waals surface area contributed by atoms with E-state index in [9.17, 15) is 9.18 Å². The largest absolute Gasteiger partial charge is 0.481 e. The van der Waals surface area contributed by atoms with Crippen molar-refractivity contribution in [3.8, 4) is 0 Å². The Morgan fingerprint density at radius 1 is 1.59 bits per heavy atom. The Morgan fingerprint density at radius 3 is 2.71 bits per heavy atom. The van der Waals surface area contributed by atoms with Crippen LogP contribution in [0, 0.1) is 18.7 Å². The van der Waals surface area contributed by atoms with Gasteiger partial charge in [-0.1, -0.05) is 15.9 Å². The summed E-state index contributed by atoms with van der Waals surface area (Å²) in [6.07, 6.45) is 2.18. The third-order valence-corrected chi connectivity index (χ3v) is 4.14. The van der Waals surface area contributed by atoms with Crippen molar-refractivity contribution in [1.29, 1.82) is 0 Å². The quantitative estimate of drug-likeness (QED) is 0.916. The average molecular weight is 301 g/mol. The lowest BCUT2D eigenvalue weighted by Crippen LogP contribution is -2.09. The summed E-state index contributed by atoms with van der Waals surface area (Å²) in [7, 11) is 0. The molecule has 1 aliphatic rings. The van der Waals surface area contributed by atoms with Gasteiger partial charge in [0.1, 0.15) is 5.82 Å². The molecule has 0 saturated heterocycles. The first-order valence-electron chi connectivity index (χ1n) is 5.66. The maximum atomic E-state index is 13.6. The van der Waals surface area contributed by atoms with Crippen LogP contribution in [-0.2, 0) is 4.79 Å². The molecule has 2 rings (SSSR count). The molecule has 92 valence electrons. The Morgan fingerprint density at radius 2 is 2.24 bits per heavy atom. The summed E-state index contributed by atoms with van der Waals surface area (Å²) in [4.78, 5) is 10.8. The molecule has 1 aromatic carbocycles. The summed E-state index contributed by atoms with van der Waals surface area (Å²) in [6, 6.07) is 3.33. The molecule has 0 bridgehead atoms. The van der Waals surface area contributed by atoms with Crippen LogP contribution in [0.25, 0.3) is 0 Å². The van der Waals surface area contributed by atoms with Crippen molar-refractivity contribution in [2.75, 3.05) is 0 Å². The Labute approximate surface area is 108 Å². The first-order valence-corrected chi connectivity index (χ1v) is 6.45. The molecule has 0 amide bonds. The van der Waals surface area contributed by atoms with E-state index in [-0.39, 0.29) is 18.2 Å². The monoisotopic (exact) mass is 300 g/mol. The van der Waals surface area contributed by atoms with Gasteiger partial charge in [0.15, 0.2) is 0 Å². The molecule has 1 fully saturated rings. The molecular weight excluding hydrogens is 287 g/mol. The second kappa shape index (κ2) is 4.77. The van der Waals surface area contributed by atoms with Crippen LogP contribution >= 0.6 is 15.9 Å². The van der Waals surface area contributed by atoms with E-state index < -0.39 is 5.97 Å². The van der Waals surface area contributed by atoms with E-state index in [0.717, 1.165) is 18.4 Å². The predicted molar refractivity (Wildman–Crippen MR) is 66.6 cm³/mol. The van der Waals surface area contributed by atoms with Gasteiger partial charge < -0.3 is 5.11 Å². The highest BCUT2D eigenvalue weighted by Gasteiger charge is 2.34. The number of aliphatic carboxylic acids is 1. The molecule has 0 heterocycles. The molecule has 0 aliphatic heterocycles. The number of carbonyl (C=O) groups is 1. The highest BCUT2D eigenvalue weighted by molar-refractivity contribution is 9.10. The predicted octanol–water partition coefficient (Wildman–Crippen LogP) is 3.86. The highest BCUT2D eigenvalue weighted by atomic mass is 79.9. The van der Waals surface area contributed by atoms with Crippen LogP contribution in [0.4, 0.5) is 4.39 Å². The van der Waals surface area contributed by atoms with Crippen molar-refractivity contribution in [2.24, 2.45) is 5.92 Å². The molecule has 1 atom stereocenters. The van der Waals surface area contributed by atoms with Crippen molar-refractivity contribution in [1.82, 2.24) is 0 Å². The van der Waals surface area contributed by atoms with Gasteiger partial charge in [-0.2, -0.15) is 0 Å². The molecule has 1 aromatic rings. The Kier molecular flexibility index (Phi) is 3.52. The van der Waals surface area contributed by atoms with Gasteiger partial charge in [-0.15, -0.1) is 0 Å². The van der Waals surface area contributed by atoms with Crippen molar-refractivity contribution in [2.45, 2.75) is 32.1 Å². The molecule has 0 aromatic heterocycles. The van der Waals surface area contributed by atoms with Gasteiger partial charge in [-0.05, 0) is 54.9 Å². The van der Waals surface area contributed by atoms with E-state index >= 15 is 0 Å². The van der Waals surface area contributed by atoms with Crippen LogP contribution in [0.1, 0.15) is 36.3 Å². The number of benzene rings is 1. The van der Waals surface area contributed by atoms with Crippen LogP contribution in [0.5, 0.6) is 0 Å². The second-order valence-electron chi connectivity index (χ2n) is 4.65. The second-order valence-corrected chi connectivity index (χ2v) is 5.51. The van der Waals surface area contributed by atoms with Crippen molar-refractivity contribution in [3.05, 3.63) is 33.5 Å². The van der Waals surface area contributed by atoms with Crippen LogP contribution in [-0.4, -0.2) is 11.1 Å². The number of hydrogen-bond acceptors (Lipinski definition) is 1. The normalized spacial score (nSPS) is 16.9. The fourth-order valence-corrected chi connectivity index (χ4v) is 2.58. The van der Waals surface area contributed by atoms with Gasteiger partial charge in [-0.25, -0.2) is 4.39 Å². The summed E-state index contributed by atoms with van der Waals surface area (Å²) in [5.41, 5.74) is 1.36. The van der Waals surface area contributed by atoms with Crippen molar-refractivity contribution < 1.29 is 14.3 Å². The first kappa shape index (κ1) is 12.6. The third-order valence-electron chi connectivity index (χ3n) is 3.32. The molecule has 1 saturated carbocycles. The zero-order valence-corrected chi connectivity index (χ0v) is 11.1. The minimum Gasteiger partial charge on any atom is -0.481 e. The Bertz CT molecular complexity index is 432. The maximum absolute atomic E-state index is 13.6. The number of carboxylic acid groups (broad SMARTS) is 1. The molecular formula is C13H14BrFO2. The average Bonchev–Trinajstić information content (AvgIpc) is 3.05. The van der Waals surface area contributed by atoms with Gasteiger partial charge >= 0.3 is 5.97 Å². The van der Waals surface area contributed by atoms with Crippen molar-refractivity contribution in [3.63, 3.8) is 0 Å². The molecule has 1 unspecified atom stereocenters. The fraction of sp³-hybridized carbons (Fsp3) is 0.462. The summed E-state index contributed by atoms with van der Waals surface area (Å²) < 4.78 is 14.4. The van der Waals surface area contributed by atoms with Gasteiger partial charge in [0.2, 0.25) is 0 Å². The minimum absolute atomic E-state index is 0.0566. The SMILES string of the molecule is Cc1c(F)cc(C(CC(=O)O)C2CC2)cc1Br. The van der Waals surface area contributed by atoms with Crippen molar-refractivity contribution >= 4 is 21.9 Å². The molecule has 4 heteroatoms. The zero-order valence-electron chi connectivity index (χ0n) is 9.54. The van der Waals surface area contributed by atoms with E-state index in [1.165, 1.54) is 6.07 Å². The Balaban J connectivity index is 2.32. The van der Waals surface area contributed by atoms with Crippen LogP contribution in [0.15, 0.2) is 16.6 Å². The molecule has 2 nitrogen and oxygen atoms in total. The third kappa shape index (κ3) is 2.86. The lowest BCUT2D eigenvalue weighted by Gasteiger charge is -2.16. The van der Waals surface area contributed by atoms with E-state index in [0.29, 0.717) is 16.0 Å². The number of rotatable bonds is 4. The van der Waals surface area contributed by atoms with E-state index in [1.54, 1.807) is 6.92 Å². The van der Waals surface area contributed by atoms with Gasteiger partial charge in [0.05, 0.1) is 6.42 Å². The molecule has 1 aliphatic carbocycles. The van der Waals surface area contributed by atoms with Gasteiger partial charge in [0, 0.05) is 4.47 Å². The standard InChI is InChI=1S/C13H14BrFO2/c1-7-11(14)4-9(5-12(7)15)10(6-13(16)17)8-2-3-8/h4-5,8,10H,2-3,6H2,1H3,(H,16,17). The van der Waals surface area contributed by atoms with Crippen LogP contribution in [0.3, 0.4) is 0 Å². The molecule has 17 heavy (non-hydrogen) atoms. The lowest BCUT2D eigenvalue weighted by molar-refractivity contribution is -0.137. The van der Waals surface area contributed by atoms with Crippen LogP contribution < -0.4 is 0 Å². The summed E-state index contributed by atoms with van der Waals surface area (Å²) in [6.45, 7) is 1.70. The molecule has 0 radical (unpaired) electrons. The van der Waals surface area contributed by atoms with E-state index in [4.69, 9.17) is 5.11 Å². The Hall–Kier alpha value is -0.900. The summed E-state index contributed by atoms with van der Waals surface area (Å²) in [5, 5.41) is 8.91. The minimum atomic E-state index is -0.820. The van der Waals surface area contributed by atoms with E-state index in [2.05, 4.69) is 15.9 Å². The highest BCUT2D eigenvalue weighted by Crippen LogP contribution is 2.45. The summed E-state index contributed by atoms with van der Waals surface area (Å²) >= 11 is 3.31. The van der Waals surface area contributed by atoms with Gasteiger partial charge in [-0.3, -0.25) is 4.79 Å². The smallest absolute Gasteiger partial charge is 0.303 e. The summed E-state index contributed by atoms with van der Waals surface area (Å²) in [5.74, 6) is -0.747. The topological polar surface area (TPSA) is 37.3 Å². The lowest BCUT2D eigenvalue weighted by atomic mass is 9.90. The molecule has 0 spiro atoms. The maximum Gasteiger partial charge on any atom is 0.303 e. The number of halogens is 2. The number of hydrogen-bond donors (Lipinski definition) is 1. The fourth-order valence-electron chi connectivity index (χ4n) is 2.12. The van der Waals surface area contributed by atoms with Crippen LogP contribution in [0.2, 0.25) is 0 Å². The van der Waals surface area contributed by atoms with Gasteiger partial charge in [0.25, 0.3) is 0 Å². The van der Waals surface area contributed by atoms with E-state index in [1.807, 2.05) is 6.07 Å². The number of carboxylic acids is 1. The first-order chi connectivity index (χ1) is 7.99.